The highest BCUT2D eigenvalue weighted by atomic mass is 35.5. The highest BCUT2D eigenvalue weighted by Crippen LogP contribution is 2.27. The van der Waals surface area contributed by atoms with Gasteiger partial charge in [0, 0.05) is 11.4 Å². The smallest absolute Gasteiger partial charge is 0.336 e. The number of halogens is 1. The van der Waals surface area contributed by atoms with Gasteiger partial charge in [-0.25, -0.2) is 4.79 Å². The second-order valence-electron chi connectivity index (χ2n) is 3.77. The molecule has 0 aromatic heterocycles. The fourth-order valence-corrected chi connectivity index (χ4v) is 1.64. The molecule has 1 aromatic carbocycles. The number of methoxy groups -OCH3 is 1. The maximum Gasteiger partial charge on any atom is 0.336 e. The topological polar surface area (TPSA) is 35.5 Å². The van der Waals surface area contributed by atoms with Crippen molar-refractivity contribution >= 4 is 17.6 Å². The molecule has 0 heterocycles. The predicted octanol–water partition coefficient (Wildman–Crippen LogP) is 3.15. The number of terminal acetylenes is 1. The van der Waals surface area contributed by atoms with Gasteiger partial charge in [0.1, 0.15) is 6.10 Å². The first kappa shape index (κ1) is 15.3. The molecule has 0 aliphatic heterocycles. The summed E-state index contributed by atoms with van der Waals surface area (Å²) in [7, 11) is 1.30. The van der Waals surface area contributed by atoms with Gasteiger partial charge in [0.15, 0.2) is 0 Å². The molecule has 0 bridgehead atoms. The van der Waals surface area contributed by atoms with Crippen molar-refractivity contribution in [2.75, 3.05) is 13.7 Å². The van der Waals surface area contributed by atoms with Crippen LogP contribution in [-0.4, -0.2) is 19.7 Å². The Morgan fingerprint density at radius 2 is 2.11 bits per heavy atom. The summed E-state index contributed by atoms with van der Waals surface area (Å²) >= 11 is 5.83. The minimum atomic E-state index is -0.585. The van der Waals surface area contributed by atoms with Crippen molar-refractivity contribution in [1.82, 2.24) is 0 Å². The van der Waals surface area contributed by atoms with Gasteiger partial charge in [-0.1, -0.05) is 30.3 Å². The highest BCUT2D eigenvalue weighted by Gasteiger charge is 2.22. The minimum absolute atomic E-state index is 0.224. The van der Waals surface area contributed by atoms with Gasteiger partial charge in [-0.15, -0.1) is 12.3 Å². The van der Waals surface area contributed by atoms with Gasteiger partial charge in [-0.05, 0) is 17.7 Å². The zero-order valence-electron chi connectivity index (χ0n) is 10.7. The SMILES string of the molecule is C#CCCOC(C(=C)C(=O)OC)c1ccc(Cl)cc1. The van der Waals surface area contributed by atoms with E-state index in [4.69, 9.17) is 22.8 Å². The van der Waals surface area contributed by atoms with Gasteiger partial charge >= 0.3 is 5.97 Å². The quantitative estimate of drug-likeness (QED) is 0.347. The van der Waals surface area contributed by atoms with Gasteiger partial charge in [0.05, 0.1) is 19.3 Å². The van der Waals surface area contributed by atoms with Crippen LogP contribution >= 0.6 is 11.6 Å². The van der Waals surface area contributed by atoms with E-state index in [2.05, 4.69) is 17.2 Å². The number of hydrogen-bond acceptors (Lipinski definition) is 3. The first-order valence-corrected chi connectivity index (χ1v) is 6.05. The van der Waals surface area contributed by atoms with Crippen LogP contribution < -0.4 is 0 Å². The number of rotatable bonds is 6. The Morgan fingerprint density at radius 1 is 1.47 bits per heavy atom. The fraction of sp³-hybridized carbons (Fsp3) is 0.267. The van der Waals surface area contributed by atoms with Gasteiger partial charge < -0.3 is 9.47 Å². The van der Waals surface area contributed by atoms with Crippen LogP contribution in [0.2, 0.25) is 5.02 Å². The summed E-state index contributed by atoms with van der Waals surface area (Å²) < 4.78 is 10.3. The molecule has 1 unspecified atom stereocenters. The fourth-order valence-electron chi connectivity index (χ4n) is 1.51. The van der Waals surface area contributed by atoms with Crippen molar-refractivity contribution in [2.45, 2.75) is 12.5 Å². The van der Waals surface area contributed by atoms with Crippen LogP contribution in [0.15, 0.2) is 36.4 Å². The second-order valence-corrected chi connectivity index (χ2v) is 4.21. The van der Waals surface area contributed by atoms with E-state index in [0.717, 1.165) is 5.56 Å². The van der Waals surface area contributed by atoms with E-state index in [0.29, 0.717) is 18.1 Å². The molecule has 1 atom stereocenters. The molecule has 1 rings (SSSR count). The lowest BCUT2D eigenvalue weighted by Crippen LogP contribution is -2.15. The molecule has 0 aliphatic rings. The molecule has 0 fully saturated rings. The number of hydrogen-bond donors (Lipinski definition) is 0. The van der Waals surface area contributed by atoms with Crippen molar-refractivity contribution in [3.63, 3.8) is 0 Å². The Kier molecular flexibility index (Phi) is 6.14. The van der Waals surface area contributed by atoms with E-state index in [9.17, 15) is 4.79 Å². The van der Waals surface area contributed by atoms with Gasteiger partial charge in [-0.3, -0.25) is 0 Å². The van der Waals surface area contributed by atoms with E-state index >= 15 is 0 Å². The number of benzene rings is 1. The van der Waals surface area contributed by atoms with E-state index in [1.54, 1.807) is 24.3 Å². The predicted molar refractivity (Wildman–Crippen MR) is 74.8 cm³/mol. The number of carbonyl (C=O) groups is 1. The summed E-state index contributed by atoms with van der Waals surface area (Å²) in [5, 5.41) is 0.606. The molecule has 0 amide bonds. The summed E-state index contributed by atoms with van der Waals surface area (Å²) in [6.07, 6.45) is 5.05. The molecular weight excluding hydrogens is 264 g/mol. The maximum absolute atomic E-state index is 11.6. The minimum Gasteiger partial charge on any atom is -0.466 e. The van der Waals surface area contributed by atoms with Crippen molar-refractivity contribution in [1.29, 1.82) is 0 Å². The second kappa shape index (κ2) is 7.63. The average molecular weight is 279 g/mol. The Bertz CT molecular complexity index is 485. The normalized spacial score (nSPS) is 11.4. The molecule has 0 N–H and O–H groups in total. The largest absolute Gasteiger partial charge is 0.466 e. The number of esters is 1. The van der Waals surface area contributed by atoms with Crippen LogP contribution in [0, 0.1) is 12.3 Å². The Labute approximate surface area is 118 Å². The van der Waals surface area contributed by atoms with Crippen LogP contribution in [0.1, 0.15) is 18.1 Å². The van der Waals surface area contributed by atoms with Gasteiger partial charge in [-0.2, -0.15) is 0 Å². The number of carbonyl (C=O) groups excluding carboxylic acids is 1. The third-order valence-corrected chi connectivity index (χ3v) is 2.72. The molecule has 0 saturated heterocycles. The van der Waals surface area contributed by atoms with E-state index < -0.39 is 12.1 Å². The van der Waals surface area contributed by atoms with Crippen molar-refractivity contribution in [2.24, 2.45) is 0 Å². The lowest BCUT2D eigenvalue weighted by Gasteiger charge is -2.19. The lowest BCUT2D eigenvalue weighted by molar-refractivity contribution is -0.137. The van der Waals surface area contributed by atoms with Crippen LogP contribution in [0.25, 0.3) is 0 Å². The summed E-state index contributed by atoms with van der Waals surface area (Å²) in [6.45, 7) is 4.05. The third kappa shape index (κ3) is 4.44. The van der Waals surface area contributed by atoms with E-state index in [1.165, 1.54) is 7.11 Å². The molecular formula is C15H15ClO3. The monoisotopic (exact) mass is 278 g/mol. The summed E-state index contributed by atoms with van der Waals surface area (Å²) in [4.78, 5) is 11.6. The highest BCUT2D eigenvalue weighted by molar-refractivity contribution is 6.30. The van der Waals surface area contributed by atoms with Gasteiger partial charge in [0.25, 0.3) is 0 Å². The van der Waals surface area contributed by atoms with Crippen LogP contribution in [0.5, 0.6) is 0 Å². The Balaban J connectivity index is 2.91. The van der Waals surface area contributed by atoms with Crippen LogP contribution in [-0.2, 0) is 14.3 Å². The molecule has 100 valence electrons. The third-order valence-electron chi connectivity index (χ3n) is 2.47. The molecule has 19 heavy (non-hydrogen) atoms. The first-order valence-electron chi connectivity index (χ1n) is 5.67. The van der Waals surface area contributed by atoms with Crippen molar-refractivity contribution in [3.8, 4) is 12.3 Å². The van der Waals surface area contributed by atoms with E-state index in [1.807, 2.05) is 0 Å². The van der Waals surface area contributed by atoms with E-state index in [-0.39, 0.29) is 5.57 Å². The van der Waals surface area contributed by atoms with Crippen molar-refractivity contribution < 1.29 is 14.3 Å². The first-order chi connectivity index (χ1) is 9.10. The lowest BCUT2D eigenvalue weighted by atomic mass is 10.0. The maximum atomic E-state index is 11.6. The zero-order valence-corrected chi connectivity index (χ0v) is 11.4. The molecule has 0 spiro atoms. The Morgan fingerprint density at radius 3 is 2.63 bits per heavy atom. The summed E-state index contributed by atoms with van der Waals surface area (Å²) in [5.74, 6) is 1.96. The molecule has 0 aliphatic carbocycles. The Hall–Kier alpha value is -1.76. The van der Waals surface area contributed by atoms with Crippen LogP contribution in [0.3, 0.4) is 0 Å². The average Bonchev–Trinajstić information content (AvgIpc) is 2.43. The zero-order chi connectivity index (χ0) is 14.3. The summed E-state index contributed by atoms with van der Waals surface area (Å²) in [6, 6.07) is 6.99. The molecule has 4 heteroatoms. The molecule has 0 radical (unpaired) electrons. The number of ether oxygens (including phenoxy) is 2. The summed E-state index contributed by atoms with van der Waals surface area (Å²) in [5.41, 5.74) is 0.999. The molecule has 3 nitrogen and oxygen atoms in total. The standard InChI is InChI=1S/C15H15ClO3/c1-4-5-10-19-14(11(2)15(17)18-3)12-6-8-13(16)9-7-12/h1,6-9,14H,2,5,10H2,3H3. The molecule has 1 aromatic rings. The van der Waals surface area contributed by atoms with Crippen molar-refractivity contribution in [3.05, 3.63) is 47.0 Å². The van der Waals surface area contributed by atoms with Crippen LogP contribution in [0.4, 0.5) is 0 Å². The van der Waals surface area contributed by atoms with Gasteiger partial charge in [0.2, 0.25) is 0 Å². The molecule has 0 saturated carbocycles.